The van der Waals surface area contributed by atoms with Gasteiger partial charge < -0.3 is 9.88 Å². The molecule has 1 fully saturated rings. The number of fused-ring (bicyclic) bond motifs is 1. The monoisotopic (exact) mass is 246 g/mol. The number of nitrogens with zero attached hydrogens (tertiary/aromatic N) is 1. The number of carbonyl (C=O) groups excluding carboxylic acids is 1. The minimum atomic E-state index is 0.0420. The van der Waals surface area contributed by atoms with E-state index in [1.54, 1.807) is 6.20 Å². The molecule has 0 bridgehead atoms. The first-order valence-corrected chi connectivity index (χ1v) is 6.65. The van der Waals surface area contributed by atoms with Crippen molar-refractivity contribution in [1.29, 1.82) is 0 Å². The summed E-state index contributed by atoms with van der Waals surface area (Å²) in [6.45, 7) is 3.22. The number of carbonyl (C=O) groups is 1. The Morgan fingerprint density at radius 1 is 1.50 bits per heavy atom. The van der Waals surface area contributed by atoms with Crippen molar-refractivity contribution in [2.24, 2.45) is 11.8 Å². The van der Waals surface area contributed by atoms with E-state index in [-0.39, 0.29) is 17.3 Å². The second-order valence-corrected chi connectivity index (χ2v) is 5.43. The van der Waals surface area contributed by atoms with E-state index in [4.69, 9.17) is 0 Å². The summed E-state index contributed by atoms with van der Waals surface area (Å²) in [5.74, 6) is 0.911. The second kappa shape index (κ2) is 4.26. The van der Waals surface area contributed by atoms with Gasteiger partial charge in [-0.25, -0.2) is 0 Å². The molecule has 1 aromatic heterocycles. The molecule has 1 N–H and O–H groups in total. The van der Waals surface area contributed by atoms with Crippen LogP contribution in [0.1, 0.15) is 31.0 Å². The van der Waals surface area contributed by atoms with Gasteiger partial charge in [-0.15, -0.1) is 0 Å². The van der Waals surface area contributed by atoms with Crippen molar-refractivity contribution in [2.45, 2.75) is 32.7 Å². The number of aromatic amines is 1. The average Bonchev–Trinajstić information content (AvgIpc) is 3.21. The van der Waals surface area contributed by atoms with Crippen molar-refractivity contribution >= 4 is 5.91 Å². The summed E-state index contributed by atoms with van der Waals surface area (Å²) >= 11 is 0. The van der Waals surface area contributed by atoms with Crippen molar-refractivity contribution in [1.82, 2.24) is 9.88 Å². The van der Waals surface area contributed by atoms with Gasteiger partial charge in [-0.1, -0.05) is 6.92 Å². The topological polar surface area (TPSA) is 53.2 Å². The molecule has 0 aromatic carbocycles. The van der Waals surface area contributed by atoms with Gasteiger partial charge in [-0.2, -0.15) is 0 Å². The first kappa shape index (κ1) is 11.5. The van der Waals surface area contributed by atoms with E-state index < -0.39 is 0 Å². The van der Waals surface area contributed by atoms with E-state index in [2.05, 4.69) is 4.98 Å². The zero-order valence-electron chi connectivity index (χ0n) is 10.6. The van der Waals surface area contributed by atoms with Crippen molar-refractivity contribution in [3.63, 3.8) is 0 Å². The highest BCUT2D eigenvalue weighted by atomic mass is 16.2. The maximum Gasteiger partial charge on any atom is 0.225 e. The fraction of sp³-hybridized carbons (Fsp3) is 0.571. The van der Waals surface area contributed by atoms with Gasteiger partial charge in [0.1, 0.15) is 0 Å². The van der Waals surface area contributed by atoms with Gasteiger partial charge in [0.2, 0.25) is 5.91 Å². The Kier molecular flexibility index (Phi) is 2.73. The molecule has 1 aliphatic carbocycles. The molecule has 4 nitrogen and oxygen atoms in total. The van der Waals surface area contributed by atoms with Gasteiger partial charge in [-0.05, 0) is 18.8 Å². The fourth-order valence-electron chi connectivity index (χ4n) is 2.74. The molecule has 3 rings (SSSR count). The maximum atomic E-state index is 12.3. The molecule has 1 aromatic rings. The Hall–Kier alpha value is -1.58. The molecule has 1 unspecified atom stereocenters. The van der Waals surface area contributed by atoms with Crippen LogP contribution in [0.15, 0.2) is 17.1 Å². The molecule has 1 amide bonds. The van der Waals surface area contributed by atoms with Crippen LogP contribution in [0.4, 0.5) is 0 Å². The number of nitrogens with one attached hydrogen (secondary N) is 1. The molecule has 0 spiro atoms. The Balaban J connectivity index is 1.80. The fourth-order valence-corrected chi connectivity index (χ4v) is 2.74. The van der Waals surface area contributed by atoms with Crippen LogP contribution in [0.25, 0.3) is 0 Å². The summed E-state index contributed by atoms with van der Waals surface area (Å²) in [6, 6.07) is 1.54. The lowest BCUT2D eigenvalue weighted by Gasteiger charge is -2.30. The van der Waals surface area contributed by atoms with E-state index in [1.165, 1.54) is 18.9 Å². The summed E-state index contributed by atoms with van der Waals surface area (Å²) in [5.41, 5.74) is 1.80. The highest BCUT2D eigenvalue weighted by Gasteiger charge is 2.35. The zero-order chi connectivity index (χ0) is 12.7. The standard InChI is InChI=1S/C14H18N2O2/c1-9(10-2-3-10)14(18)16-7-5-12-11(8-16)13(17)4-6-15-12/h4,6,9-10H,2-3,5,7-8H2,1H3,(H,15,17). The van der Waals surface area contributed by atoms with Crippen LogP contribution in [-0.2, 0) is 17.8 Å². The van der Waals surface area contributed by atoms with Crippen LogP contribution in [-0.4, -0.2) is 22.3 Å². The predicted octanol–water partition coefficient (Wildman–Crippen LogP) is 1.31. The van der Waals surface area contributed by atoms with Crippen molar-refractivity contribution in [2.75, 3.05) is 6.54 Å². The van der Waals surface area contributed by atoms with E-state index in [1.807, 2.05) is 11.8 Å². The van der Waals surface area contributed by atoms with Gasteiger partial charge in [0.25, 0.3) is 0 Å². The Morgan fingerprint density at radius 2 is 2.28 bits per heavy atom. The van der Waals surface area contributed by atoms with Crippen LogP contribution in [0.5, 0.6) is 0 Å². The highest BCUT2D eigenvalue weighted by molar-refractivity contribution is 5.79. The quantitative estimate of drug-likeness (QED) is 0.855. The summed E-state index contributed by atoms with van der Waals surface area (Å²) in [6.07, 6.45) is 4.80. The molecule has 4 heteroatoms. The third-order valence-electron chi connectivity index (χ3n) is 4.16. The van der Waals surface area contributed by atoms with Gasteiger partial charge in [0.15, 0.2) is 5.43 Å². The maximum absolute atomic E-state index is 12.3. The normalized spacial score (nSPS) is 20.4. The smallest absolute Gasteiger partial charge is 0.225 e. The Bertz CT molecular complexity index is 531. The van der Waals surface area contributed by atoms with E-state index >= 15 is 0 Å². The van der Waals surface area contributed by atoms with Crippen molar-refractivity contribution in [3.05, 3.63) is 33.7 Å². The number of pyridine rings is 1. The molecular formula is C14H18N2O2. The molecule has 2 heterocycles. The lowest BCUT2D eigenvalue weighted by Crippen LogP contribution is -2.41. The average molecular weight is 246 g/mol. The zero-order valence-corrected chi connectivity index (χ0v) is 10.6. The first-order valence-electron chi connectivity index (χ1n) is 6.65. The van der Waals surface area contributed by atoms with Crippen molar-refractivity contribution < 1.29 is 4.79 Å². The SMILES string of the molecule is CC(C(=O)N1CCc2[nH]ccc(=O)c2C1)C1CC1. The van der Waals surface area contributed by atoms with Gasteiger partial charge in [0, 0.05) is 42.4 Å². The molecule has 0 saturated heterocycles. The number of aromatic nitrogens is 1. The lowest BCUT2D eigenvalue weighted by atomic mass is 10.0. The summed E-state index contributed by atoms with van der Waals surface area (Å²) in [5, 5.41) is 0. The minimum absolute atomic E-state index is 0.0420. The number of H-pyrrole nitrogens is 1. The molecule has 2 aliphatic rings. The molecule has 1 saturated carbocycles. The van der Waals surface area contributed by atoms with E-state index in [0.717, 1.165) is 24.2 Å². The molecule has 18 heavy (non-hydrogen) atoms. The number of rotatable bonds is 2. The Morgan fingerprint density at radius 3 is 3.00 bits per heavy atom. The van der Waals surface area contributed by atoms with Crippen molar-refractivity contribution in [3.8, 4) is 0 Å². The van der Waals surface area contributed by atoms with E-state index in [0.29, 0.717) is 12.5 Å². The van der Waals surface area contributed by atoms with E-state index in [9.17, 15) is 9.59 Å². The molecule has 1 aliphatic heterocycles. The molecule has 96 valence electrons. The van der Waals surface area contributed by atoms with Crippen LogP contribution in [0.3, 0.4) is 0 Å². The molecular weight excluding hydrogens is 228 g/mol. The first-order chi connectivity index (χ1) is 8.66. The largest absolute Gasteiger partial charge is 0.364 e. The number of amides is 1. The van der Waals surface area contributed by atoms with Crippen LogP contribution >= 0.6 is 0 Å². The molecule has 0 radical (unpaired) electrons. The number of hydrogen-bond donors (Lipinski definition) is 1. The summed E-state index contributed by atoms with van der Waals surface area (Å²) in [4.78, 5) is 29.1. The summed E-state index contributed by atoms with van der Waals surface area (Å²) in [7, 11) is 0. The highest BCUT2D eigenvalue weighted by Crippen LogP contribution is 2.37. The van der Waals surface area contributed by atoms with Gasteiger partial charge in [-0.3, -0.25) is 9.59 Å². The van der Waals surface area contributed by atoms with Crippen LogP contribution in [0.2, 0.25) is 0 Å². The van der Waals surface area contributed by atoms with Crippen LogP contribution < -0.4 is 5.43 Å². The predicted molar refractivity (Wildman–Crippen MR) is 68.1 cm³/mol. The van der Waals surface area contributed by atoms with Gasteiger partial charge >= 0.3 is 0 Å². The number of hydrogen-bond acceptors (Lipinski definition) is 2. The van der Waals surface area contributed by atoms with Crippen LogP contribution in [0, 0.1) is 11.8 Å². The van der Waals surface area contributed by atoms with Gasteiger partial charge in [0.05, 0.1) is 6.54 Å². The molecule has 1 atom stereocenters. The minimum Gasteiger partial charge on any atom is -0.364 e. The third kappa shape index (κ3) is 1.96. The lowest BCUT2D eigenvalue weighted by molar-refractivity contribution is -0.136. The summed E-state index contributed by atoms with van der Waals surface area (Å²) < 4.78 is 0. The Labute approximate surface area is 106 Å². The third-order valence-corrected chi connectivity index (χ3v) is 4.16. The second-order valence-electron chi connectivity index (χ2n) is 5.43.